The summed E-state index contributed by atoms with van der Waals surface area (Å²) in [4.78, 5) is 8.47. The number of hydrogen-bond donors (Lipinski definition) is 1. The summed E-state index contributed by atoms with van der Waals surface area (Å²) >= 11 is 0. The summed E-state index contributed by atoms with van der Waals surface area (Å²) in [6.07, 6.45) is 0.727. The smallest absolute Gasteiger partial charge is 0.218 e. The number of aryl methyl sites for hydroxylation is 1. The monoisotopic (exact) mass is 275 g/mol. The minimum Gasteiger partial charge on any atom is -0.478 e. The van der Waals surface area contributed by atoms with E-state index in [0.717, 1.165) is 17.8 Å². The van der Waals surface area contributed by atoms with Crippen molar-refractivity contribution in [1.82, 2.24) is 9.97 Å². The Balaban J connectivity index is 1.93. The second kappa shape index (κ2) is 6.84. The molecule has 0 radical (unpaired) electrons. The quantitative estimate of drug-likeness (QED) is 0.880. The van der Waals surface area contributed by atoms with Crippen LogP contribution in [0, 0.1) is 12.7 Å². The predicted molar refractivity (Wildman–Crippen MR) is 76.5 cm³/mol. The van der Waals surface area contributed by atoms with E-state index in [9.17, 15) is 4.39 Å². The molecule has 0 saturated heterocycles. The lowest BCUT2D eigenvalue weighted by Gasteiger charge is -2.09. The zero-order valence-electron chi connectivity index (χ0n) is 11.7. The number of hydrogen-bond acceptors (Lipinski definition) is 4. The van der Waals surface area contributed by atoms with Crippen LogP contribution in [0.15, 0.2) is 30.3 Å². The molecule has 0 fully saturated rings. The first-order chi connectivity index (χ1) is 9.67. The Kier molecular flexibility index (Phi) is 4.87. The summed E-state index contributed by atoms with van der Waals surface area (Å²) in [5.41, 5.74) is 0.952. The van der Waals surface area contributed by atoms with Gasteiger partial charge in [0.05, 0.1) is 6.61 Å². The average molecular weight is 275 g/mol. The predicted octanol–water partition coefficient (Wildman–Crippen LogP) is 2.98. The fraction of sp³-hybridized carbons (Fsp3) is 0.333. The van der Waals surface area contributed by atoms with Gasteiger partial charge in [0, 0.05) is 12.6 Å². The summed E-state index contributed by atoms with van der Waals surface area (Å²) in [6, 6.07) is 8.37. The standard InChI is InChI=1S/C15H18FN3O/c1-3-20-15-10-14(18-11(2)19-15)17-8-7-12-5-4-6-13(16)9-12/h4-6,9-10H,3,7-8H2,1-2H3,(H,17,18,19). The topological polar surface area (TPSA) is 47.0 Å². The van der Waals surface area contributed by atoms with E-state index in [2.05, 4.69) is 15.3 Å². The van der Waals surface area contributed by atoms with Crippen LogP contribution in [0.4, 0.5) is 10.2 Å². The van der Waals surface area contributed by atoms with Gasteiger partial charge in [-0.05, 0) is 38.0 Å². The van der Waals surface area contributed by atoms with E-state index in [4.69, 9.17) is 4.74 Å². The highest BCUT2D eigenvalue weighted by molar-refractivity contribution is 5.38. The Hall–Kier alpha value is -2.17. The minimum atomic E-state index is -0.209. The molecule has 2 rings (SSSR count). The maximum Gasteiger partial charge on any atom is 0.218 e. The molecule has 0 unspecified atom stereocenters. The molecule has 5 heteroatoms. The van der Waals surface area contributed by atoms with Crippen molar-refractivity contribution in [2.24, 2.45) is 0 Å². The van der Waals surface area contributed by atoms with E-state index in [1.54, 1.807) is 18.2 Å². The lowest BCUT2D eigenvalue weighted by atomic mass is 10.1. The number of benzene rings is 1. The van der Waals surface area contributed by atoms with E-state index >= 15 is 0 Å². The van der Waals surface area contributed by atoms with Crippen LogP contribution in [-0.4, -0.2) is 23.1 Å². The molecule has 0 atom stereocenters. The number of nitrogens with one attached hydrogen (secondary N) is 1. The van der Waals surface area contributed by atoms with Crippen LogP contribution in [0.5, 0.6) is 5.88 Å². The fourth-order valence-electron chi connectivity index (χ4n) is 1.88. The number of halogens is 1. The van der Waals surface area contributed by atoms with Crippen molar-refractivity contribution in [2.45, 2.75) is 20.3 Å². The van der Waals surface area contributed by atoms with E-state index in [0.29, 0.717) is 24.9 Å². The van der Waals surface area contributed by atoms with Crippen molar-refractivity contribution in [2.75, 3.05) is 18.5 Å². The first kappa shape index (κ1) is 14.2. The third kappa shape index (κ3) is 4.19. The van der Waals surface area contributed by atoms with Gasteiger partial charge in [-0.2, -0.15) is 4.98 Å². The summed E-state index contributed by atoms with van der Waals surface area (Å²) in [5, 5.41) is 3.20. The van der Waals surface area contributed by atoms with Crippen molar-refractivity contribution >= 4 is 5.82 Å². The molecule has 106 valence electrons. The third-order valence-corrected chi connectivity index (χ3v) is 2.72. The van der Waals surface area contributed by atoms with Crippen molar-refractivity contribution in [3.63, 3.8) is 0 Å². The highest BCUT2D eigenvalue weighted by Crippen LogP contribution is 2.13. The minimum absolute atomic E-state index is 0.209. The van der Waals surface area contributed by atoms with Crippen LogP contribution >= 0.6 is 0 Å². The van der Waals surface area contributed by atoms with Gasteiger partial charge in [0.15, 0.2) is 0 Å². The first-order valence-electron chi connectivity index (χ1n) is 6.64. The molecule has 1 aromatic heterocycles. The maximum atomic E-state index is 13.1. The highest BCUT2D eigenvalue weighted by atomic mass is 19.1. The van der Waals surface area contributed by atoms with Gasteiger partial charge in [-0.25, -0.2) is 9.37 Å². The molecular formula is C15H18FN3O. The zero-order chi connectivity index (χ0) is 14.4. The van der Waals surface area contributed by atoms with E-state index in [-0.39, 0.29) is 5.82 Å². The number of aromatic nitrogens is 2. The molecule has 0 amide bonds. The van der Waals surface area contributed by atoms with Gasteiger partial charge in [-0.1, -0.05) is 12.1 Å². The van der Waals surface area contributed by atoms with Gasteiger partial charge in [-0.3, -0.25) is 0 Å². The molecule has 0 saturated carbocycles. The Morgan fingerprint density at radius 1 is 1.25 bits per heavy atom. The van der Waals surface area contributed by atoms with E-state index < -0.39 is 0 Å². The van der Waals surface area contributed by atoms with Gasteiger partial charge in [-0.15, -0.1) is 0 Å². The summed E-state index contributed by atoms with van der Waals surface area (Å²) in [7, 11) is 0. The second-order valence-corrected chi connectivity index (χ2v) is 4.38. The third-order valence-electron chi connectivity index (χ3n) is 2.72. The SMILES string of the molecule is CCOc1cc(NCCc2cccc(F)c2)nc(C)n1. The fourth-order valence-corrected chi connectivity index (χ4v) is 1.88. The molecule has 4 nitrogen and oxygen atoms in total. The molecule has 0 aliphatic carbocycles. The van der Waals surface area contributed by atoms with Crippen LogP contribution in [0.25, 0.3) is 0 Å². The van der Waals surface area contributed by atoms with Gasteiger partial charge in [0.1, 0.15) is 17.5 Å². The lowest BCUT2D eigenvalue weighted by Crippen LogP contribution is -2.08. The molecule has 20 heavy (non-hydrogen) atoms. The molecule has 0 aliphatic rings. The average Bonchev–Trinajstić information content (AvgIpc) is 2.38. The van der Waals surface area contributed by atoms with Crippen LogP contribution in [0.1, 0.15) is 18.3 Å². The van der Waals surface area contributed by atoms with Crippen LogP contribution in [-0.2, 0) is 6.42 Å². The largest absolute Gasteiger partial charge is 0.478 e. The van der Waals surface area contributed by atoms with Crippen LogP contribution < -0.4 is 10.1 Å². The normalized spacial score (nSPS) is 10.3. The van der Waals surface area contributed by atoms with Crippen molar-refractivity contribution in [3.8, 4) is 5.88 Å². The van der Waals surface area contributed by atoms with Crippen molar-refractivity contribution < 1.29 is 9.13 Å². The summed E-state index contributed by atoms with van der Waals surface area (Å²) in [6.45, 7) is 4.97. The Bertz CT molecular complexity index is 575. The molecular weight excluding hydrogens is 257 g/mol. The maximum absolute atomic E-state index is 13.1. The van der Waals surface area contributed by atoms with Crippen LogP contribution in [0.3, 0.4) is 0 Å². The second-order valence-electron chi connectivity index (χ2n) is 4.38. The molecule has 0 aliphatic heterocycles. The number of ether oxygens (including phenoxy) is 1. The number of anilines is 1. The van der Waals surface area contributed by atoms with Gasteiger partial charge < -0.3 is 10.1 Å². The molecule has 0 spiro atoms. The van der Waals surface area contributed by atoms with Crippen molar-refractivity contribution in [1.29, 1.82) is 0 Å². The zero-order valence-corrected chi connectivity index (χ0v) is 11.7. The molecule has 1 heterocycles. The molecule has 2 aromatic rings. The van der Waals surface area contributed by atoms with Gasteiger partial charge >= 0.3 is 0 Å². The van der Waals surface area contributed by atoms with E-state index in [1.165, 1.54) is 6.07 Å². The van der Waals surface area contributed by atoms with Crippen LogP contribution in [0.2, 0.25) is 0 Å². The Morgan fingerprint density at radius 3 is 2.85 bits per heavy atom. The van der Waals surface area contributed by atoms with E-state index in [1.807, 2.05) is 19.9 Å². The molecule has 0 bridgehead atoms. The molecule has 1 N–H and O–H groups in total. The first-order valence-corrected chi connectivity index (χ1v) is 6.64. The summed E-state index contributed by atoms with van der Waals surface area (Å²) < 4.78 is 18.4. The number of nitrogens with zero attached hydrogens (tertiary/aromatic N) is 2. The molecule has 1 aromatic carbocycles. The van der Waals surface area contributed by atoms with Gasteiger partial charge in [0.25, 0.3) is 0 Å². The Labute approximate surface area is 118 Å². The van der Waals surface area contributed by atoms with Gasteiger partial charge in [0.2, 0.25) is 5.88 Å². The summed E-state index contributed by atoms with van der Waals surface area (Å²) in [5.74, 6) is 1.73. The lowest BCUT2D eigenvalue weighted by molar-refractivity contribution is 0.325. The highest BCUT2D eigenvalue weighted by Gasteiger charge is 2.02. The number of rotatable bonds is 6. The Morgan fingerprint density at radius 2 is 2.10 bits per heavy atom. The van der Waals surface area contributed by atoms with Crippen molar-refractivity contribution in [3.05, 3.63) is 47.5 Å².